The molecule has 0 fully saturated rings. The SMILES string of the molecule is CC(CO)[C@@H](O)C(O)CO. The van der Waals surface area contributed by atoms with Crippen LogP contribution < -0.4 is 0 Å². The molecule has 4 nitrogen and oxygen atoms in total. The Kier molecular flexibility index (Phi) is 4.55. The van der Waals surface area contributed by atoms with E-state index in [2.05, 4.69) is 0 Å². The smallest absolute Gasteiger partial charge is 0.103 e. The molecule has 0 saturated heterocycles. The molecule has 0 bridgehead atoms. The Labute approximate surface area is 59.7 Å². The maximum absolute atomic E-state index is 9.02. The topological polar surface area (TPSA) is 80.9 Å². The van der Waals surface area contributed by atoms with Crippen molar-refractivity contribution in [3.63, 3.8) is 0 Å². The van der Waals surface area contributed by atoms with Crippen molar-refractivity contribution in [2.24, 2.45) is 5.92 Å². The fourth-order valence-corrected chi connectivity index (χ4v) is 0.595. The maximum atomic E-state index is 9.02. The van der Waals surface area contributed by atoms with Gasteiger partial charge in [0.25, 0.3) is 0 Å². The Morgan fingerprint density at radius 1 is 1.10 bits per heavy atom. The minimum atomic E-state index is -1.15. The van der Waals surface area contributed by atoms with Crippen LogP contribution in [0.5, 0.6) is 0 Å². The molecule has 0 saturated carbocycles. The van der Waals surface area contributed by atoms with Crippen LogP contribution in [0.2, 0.25) is 0 Å². The van der Waals surface area contributed by atoms with Gasteiger partial charge in [0.2, 0.25) is 0 Å². The summed E-state index contributed by atoms with van der Waals surface area (Å²) in [5.41, 5.74) is 0. The van der Waals surface area contributed by atoms with Crippen molar-refractivity contribution >= 4 is 0 Å². The van der Waals surface area contributed by atoms with Gasteiger partial charge in [0.1, 0.15) is 6.10 Å². The van der Waals surface area contributed by atoms with Crippen LogP contribution in [0.25, 0.3) is 0 Å². The average molecular weight is 150 g/mol. The molecule has 0 aromatic carbocycles. The van der Waals surface area contributed by atoms with E-state index in [-0.39, 0.29) is 6.61 Å². The summed E-state index contributed by atoms with van der Waals surface area (Å²) >= 11 is 0. The molecular formula is C6H14O4. The molecule has 3 atom stereocenters. The molecule has 0 aromatic heterocycles. The normalized spacial score (nSPS) is 20.1. The second kappa shape index (κ2) is 4.62. The van der Waals surface area contributed by atoms with Gasteiger partial charge in [-0.05, 0) is 0 Å². The molecule has 0 aliphatic heterocycles. The zero-order valence-electron chi connectivity index (χ0n) is 5.94. The van der Waals surface area contributed by atoms with Gasteiger partial charge in [-0.1, -0.05) is 6.92 Å². The molecule has 0 radical (unpaired) electrons. The van der Waals surface area contributed by atoms with Gasteiger partial charge in [-0.2, -0.15) is 0 Å². The highest BCUT2D eigenvalue weighted by Crippen LogP contribution is 2.05. The van der Waals surface area contributed by atoms with Crippen molar-refractivity contribution in [3.05, 3.63) is 0 Å². The lowest BCUT2D eigenvalue weighted by Crippen LogP contribution is -2.36. The van der Waals surface area contributed by atoms with Crippen molar-refractivity contribution in [2.45, 2.75) is 19.1 Å². The summed E-state index contributed by atoms with van der Waals surface area (Å²) in [7, 11) is 0. The predicted molar refractivity (Wildman–Crippen MR) is 35.3 cm³/mol. The van der Waals surface area contributed by atoms with Gasteiger partial charge >= 0.3 is 0 Å². The average Bonchev–Trinajstić information content (AvgIpc) is 2.00. The van der Waals surface area contributed by atoms with E-state index in [9.17, 15) is 0 Å². The summed E-state index contributed by atoms with van der Waals surface area (Å²) in [5, 5.41) is 34.7. The van der Waals surface area contributed by atoms with E-state index in [1.54, 1.807) is 6.92 Å². The van der Waals surface area contributed by atoms with Crippen LogP contribution >= 0.6 is 0 Å². The van der Waals surface area contributed by atoms with Crippen molar-refractivity contribution in [1.29, 1.82) is 0 Å². The van der Waals surface area contributed by atoms with Crippen LogP contribution in [0, 0.1) is 5.92 Å². The van der Waals surface area contributed by atoms with Gasteiger partial charge in [0, 0.05) is 12.5 Å². The van der Waals surface area contributed by atoms with Crippen LogP contribution in [-0.2, 0) is 0 Å². The van der Waals surface area contributed by atoms with E-state index in [0.29, 0.717) is 0 Å². The first kappa shape index (κ1) is 9.84. The first-order valence-corrected chi connectivity index (χ1v) is 3.21. The number of hydrogen-bond acceptors (Lipinski definition) is 4. The zero-order valence-corrected chi connectivity index (χ0v) is 5.94. The van der Waals surface area contributed by atoms with E-state index in [1.807, 2.05) is 0 Å². The van der Waals surface area contributed by atoms with Crippen LogP contribution in [0.15, 0.2) is 0 Å². The third-order valence-electron chi connectivity index (χ3n) is 1.45. The molecule has 0 spiro atoms. The molecule has 10 heavy (non-hydrogen) atoms. The molecule has 2 unspecified atom stereocenters. The van der Waals surface area contributed by atoms with Gasteiger partial charge in [0.05, 0.1) is 12.7 Å². The van der Waals surface area contributed by atoms with E-state index in [1.165, 1.54) is 0 Å². The number of aliphatic hydroxyl groups excluding tert-OH is 4. The molecule has 0 aromatic rings. The quantitative estimate of drug-likeness (QED) is 0.386. The molecule has 62 valence electrons. The van der Waals surface area contributed by atoms with Gasteiger partial charge in [-0.25, -0.2) is 0 Å². The number of hydrogen-bond donors (Lipinski definition) is 4. The standard InChI is InChI=1S/C6H14O4/c1-4(2-7)6(10)5(9)3-8/h4-10H,2-3H2,1H3/t4?,5?,6-/m1/s1. The summed E-state index contributed by atoms with van der Waals surface area (Å²) in [6, 6.07) is 0. The summed E-state index contributed by atoms with van der Waals surface area (Å²) < 4.78 is 0. The van der Waals surface area contributed by atoms with Crippen molar-refractivity contribution in [3.8, 4) is 0 Å². The first-order valence-electron chi connectivity index (χ1n) is 3.21. The monoisotopic (exact) mass is 150 g/mol. The lowest BCUT2D eigenvalue weighted by atomic mass is 10.0. The van der Waals surface area contributed by atoms with Crippen molar-refractivity contribution < 1.29 is 20.4 Å². The van der Waals surface area contributed by atoms with Crippen LogP contribution in [0.1, 0.15) is 6.92 Å². The first-order chi connectivity index (χ1) is 4.63. The van der Waals surface area contributed by atoms with E-state index < -0.39 is 24.7 Å². The van der Waals surface area contributed by atoms with Gasteiger partial charge in [-0.3, -0.25) is 0 Å². The number of aliphatic hydroxyl groups is 4. The molecule has 0 heterocycles. The Bertz CT molecular complexity index is 75.8. The van der Waals surface area contributed by atoms with E-state index in [4.69, 9.17) is 20.4 Å². The highest BCUT2D eigenvalue weighted by molar-refractivity contribution is 4.70. The third-order valence-corrected chi connectivity index (χ3v) is 1.45. The van der Waals surface area contributed by atoms with Gasteiger partial charge < -0.3 is 20.4 Å². The molecule has 0 rings (SSSR count). The maximum Gasteiger partial charge on any atom is 0.103 e. The summed E-state index contributed by atoms with van der Waals surface area (Å²) in [6.07, 6.45) is -2.20. The minimum absolute atomic E-state index is 0.196. The second-order valence-corrected chi connectivity index (χ2v) is 2.40. The molecule has 4 heteroatoms. The minimum Gasteiger partial charge on any atom is -0.396 e. The zero-order chi connectivity index (χ0) is 8.15. The second-order valence-electron chi connectivity index (χ2n) is 2.40. The Hall–Kier alpha value is -0.160. The lowest BCUT2D eigenvalue weighted by molar-refractivity contribution is -0.0496. The fraction of sp³-hybridized carbons (Fsp3) is 1.00. The Morgan fingerprint density at radius 2 is 1.60 bits per heavy atom. The summed E-state index contributed by atoms with van der Waals surface area (Å²) in [4.78, 5) is 0. The van der Waals surface area contributed by atoms with E-state index >= 15 is 0 Å². The summed E-state index contributed by atoms with van der Waals surface area (Å²) in [5.74, 6) is -0.401. The largest absolute Gasteiger partial charge is 0.396 e. The lowest BCUT2D eigenvalue weighted by Gasteiger charge is -2.20. The van der Waals surface area contributed by atoms with E-state index in [0.717, 1.165) is 0 Å². The van der Waals surface area contributed by atoms with Crippen molar-refractivity contribution in [2.75, 3.05) is 13.2 Å². The molecule has 4 N–H and O–H groups in total. The molecule has 0 amide bonds. The highest BCUT2D eigenvalue weighted by Gasteiger charge is 2.20. The van der Waals surface area contributed by atoms with Crippen LogP contribution in [0.4, 0.5) is 0 Å². The Balaban J connectivity index is 3.69. The molecular weight excluding hydrogens is 136 g/mol. The summed E-state index contributed by atoms with van der Waals surface area (Å²) in [6.45, 7) is 0.910. The highest BCUT2D eigenvalue weighted by atomic mass is 16.4. The van der Waals surface area contributed by atoms with Crippen LogP contribution in [0.3, 0.4) is 0 Å². The van der Waals surface area contributed by atoms with Crippen LogP contribution in [-0.4, -0.2) is 45.8 Å². The molecule has 0 aliphatic carbocycles. The number of rotatable bonds is 4. The molecule has 0 aliphatic rings. The third kappa shape index (κ3) is 2.62. The predicted octanol–water partition coefficient (Wildman–Crippen LogP) is -1.67. The Morgan fingerprint density at radius 3 is 1.90 bits per heavy atom. The van der Waals surface area contributed by atoms with Crippen molar-refractivity contribution in [1.82, 2.24) is 0 Å². The van der Waals surface area contributed by atoms with Gasteiger partial charge in [0.15, 0.2) is 0 Å². The van der Waals surface area contributed by atoms with Gasteiger partial charge in [-0.15, -0.1) is 0 Å². The fourth-order valence-electron chi connectivity index (χ4n) is 0.595.